The molecule has 0 aliphatic rings. The van der Waals surface area contributed by atoms with Crippen LogP contribution in [0.25, 0.3) is 11.4 Å². The number of nitrogen functional groups attached to an aromatic ring is 1. The second-order valence-corrected chi connectivity index (χ2v) is 4.92. The van der Waals surface area contributed by atoms with Crippen LogP contribution in [-0.2, 0) is 0 Å². The van der Waals surface area contributed by atoms with Crippen LogP contribution in [0.2, 0.25) is 0 Å². The third kappa shape index (κ3) is 3.44. The van der Waals surface area contributed by atoms with Gasteiger partial charge in [-0.2, -0.15) is 15.0 Å². The van der Waals surface area contributed by atoms with Crippen LogP contribution in [0.15, 0.2) is 24.3 Å². The van der Waals surface area contributed by atoms with Crippen LogP contribution < -0.4 is 10.5 Å². The summed E-state index contributed by atoms with van der Waals surface area (Å²) in [6.07, 6.45) is 0.893. The molecule has 0 atom stereocenters. The molecule has 0 bridgehead atoms. The Morgan fingerprint density at radius 1 is 1.10 bits per heavy atom. The largest absolute Gasteiger partial charge is 0.463 e. The van der Waals surface area contributed by atoms with E-state index in [4.69, 9.17) is 10.5 Å². The lowest BCUT2D eigenvalue weighted by Gasteiger charge is -2.08. The Hall–Kier alpha value is -2.17. The molecular weight excluding hydrogens is 252 g/mol. The molecule has 5 nitrogen and oxygen atoms in total. The molecule has 0 fully saturated rings. The van der Waals surface area contributed by atoms with Gasteiger partial charge in [0, 0.05) is 5.56 Å². The maximum Gasteiger partial charge on any atom is 0.321 e. The minimum atomic E-state index is 0.175. The van der Waals surface area contributed by atoms with Crippen molar-refractivity contribution in [3.8, 4) is 17.4 Å². The van der Waals surface area contributed by atoms with E-state index in [-0.39, 0.29) is 12.0 Å². The first-order chi connectivity index (χ1) is 9.60. The zero-order chi connectivity index (χ0) is 14.5. The highest BCUT2D eigenvalue weighted by Crippen LogP contribution is 2.21. The highest BCUT2D eigenvalue weighted by atomic mass is 16.5. The van der Waals surface area contributed by atoms with Crippen LogP contribution in [0.5, 0.6) is 6.01 Å². The number of hydrogen-bond donors (Lipinski definition) is 1. The molecular formula is C15H20N4O. The van der Waals surface area contributed by atoms with Gasteiger partial charge in [0.05, 0.1) is 6.61 Å². The molecule has 106 valence electrons. The molecule has 2 N–H and O–H groups in total. The standard InChI is InChI=1S/C15H20N4O/c1-4-9-20-15-18-13(17-14(16)19-15)12-7-5-11(6-8-12)10(2)3/h5-8,10H,4,9H2,1-3H3,(H2,16,17,18,19). The number of aromatic nitrogens is 3. The summed E-state index contributed by atoms with van der Waals surface area (Å²) in [4.78, 5) is 12.4. The lowest BCUT2D eigenvalue weighted by atomic mass is 10.0. The van der Waals surface area contributed by atoms with Gasteiger partial charge in [-0.15, -0.1) is 0 Å². The van der Waals surface area contributed by atoms with E-state index >= 15 is 0 Å². The molecule has 1 heterocycles. The van der Waals surface area contributed by atoms with E-state index in [1.54, 1.807) is 0 Å². The smallest absolute Gasteiger partial charge is 0.321 e. The summed E-state index contributed by atoms with van der Waals surface area (Å²) in [6, 6.07) is 8.42. The zero-order valence-electron chi connectivity index (χ0n) is 12.1. The summed E-state index contributed by atoms with van der Waals surface area (Å²) >= 11 is 0. The van der Waals surface area contributed by atoms with E-state index in [0.29, 0.717) is 18.3 Å². The van der Waals surface area contributed by atoms with Crippen molar-refractivity contribution in [2.75, 3.05) is 12.3 Å². The predicted molar refractivity (Wildman–Crippen MR) is 79.6 cm³/mol. The van der Waals surface area contributed by atoms with Crippen molar-refractivity contribution >= 4 is 5.95 Å². The second-order valence-electron chi connectivity index (χ2n) is 4.92. The molecule has 1 aromatic heterocycles. The van der Waals surface area contributed by atoms with E-state index in [1.165, 1.54) is 5.56 Å². The fourth-order valence-electron chi connectivity index (χ4n) is 1.78. The Balaban J connectivity index is 2.29. The molecule has 0 aliphatic carbocycles. The lowest BCUT2D eigenvalue weighted by molar-refractivity contribution is 0.292. The van der Waals surface area contributed by atoms with Gasteiger partial charge in [-0.3, -0.25) is 0 Å². The first-order valence-electron chi connectivity index (χ1n) is 6.84. The summed E-state index contributed by atoms with van der Waals surface area (Å²) in [7, 11) is 0. The topological polar surface area (TPSA) is 73.9 Å². The van der Waals surface area contributed by atoms with Crippen LogP contribution >= 0.6 is 0 Å². The van der Waals surface area contributed by atoms with Gasteiger partial charge in [-0.25, -0.2) is 0 Å². The molecule has 0 radical (unpaired) electrons. The Labute approximate surface area is 119 Å². The third-order valence-corrected chi connectivity index (χ3v) is 2.90. The van der Waals surface area contributed by atoms with Crippen LogP contribution in [0.3, 0.4) is 0 Å². The van der Waals surface area contributed by atoms with E-state index in [2.05, 4.69) is 40.9 Å². The molecule has 0 amide bonds. The van der Waals surface area contributed by atoms with Gasteiger partial charge in [0.1, 0.15) is 0 Å². The SMILES string of the molecule is CCCOc1nc(N)nc(-c2ccc(C(C)C)cc2)n1. The number of benzene rings is 1. The highest BCUT2D eigenvalue weighted by molar-refractivity contribution is 5.56. The molecule has 0 aliphatic heterocycles. The Morgan fingerprint density at radius 2 is 1.80 bits per heavy atom. The number of ether oxygens (including phenoxy) is 1. The van der Waals surface area contributed by atoms with Crippen LogP contribution in [-0.4, -0.2) is 21.6 Å². The van der Waals surface area contributed by atoms with Crippen molar-refractivity contribution in [2.24, 2.45) is 0 Å². The van der Waals surface area contributed by atoms with Crippen molar-refractivity contribution in [3.63, 3.8) is 0 Å². The summed E-state index contributed by atoms with van der Waals surface area (Å²) in [5.74, 6) is 1.21. The summed E-state index contributed by atoms with van der Waals surface area (Å²) in [6.45, 7) is 6.91. The summed E-state index contributed by atoms with van der Waals surface area (Å²) < 4.78 is 5.42. The van der Waals surface area contributed by atoms with E-state index in [0.717, 1.165) is 12.0 Å². The van der Waals surface area contributed by atoms with Gasteiger partial charge < -0.3 is 10.5 Å². The minimum Gasteiger partial charge on any atom is -0.463 e. The molecule has 1 aromatic carbocycles. The van der Waals surface area contributed by atoms with E-state index in [9.17, 15) is 0 Å². The predicted octanol–water partition coefficient (Wildman–Crippen LogP) is 3.03. The molecule has 0 saturated heterocycles. The maximum atomic E-state index is 5.70. The Bertz CT molecular complexity index is 567. The average molecular weight is 272 g/mol. The second kappa shape index (κ2) is 6.32. The molecule has 2 aromatic rings. The van der Waals surface area contributed by atoms with Gasteiger partial charge >= 0.3 is 6.01 Å². The van der Waals surface area contributed by atoms with Gasteiger partial charge in [-0.05, 0) is 17.9 Å². The fraction of sp³-hybridized carbons (Fsp3) is 0.400. The average Bonchev–Trinajstić information content (AvgIpc) is 2.44. The Morgan fingerprint density at radius 3 is 2.40 bits per heavy atom. The van der Waals surface area contributed by atoms with E-state index in [1.807, 2.05) is 19.1 Å². The zero-order valence-corrected chi connectivity index (χ0v) is 12.1. The van der Waals surface area contributed by atoms with Gasteiger partial charge in [0.25, 0.3) is 0 Å². The first-order valence-corrected chi connectivity index (χ1v) is 6.84. The van der Waals surface area contributed by atoms with Gasteiger partial charge in [0.2, 0.25) is 5.95 Å². The molecule has 2 rings (SSSR count). The lowest BCUT2D eigenvalue weighted by Crippen LogP contribution is -2.05. The molecule has 5 heteroatoms. The molecule has 0 saturated carbocycles. The quantitative estimate of drug-likeness (QED) is 0.905. The third-order valence-electron chi connectivity index (χ3n) is 2.90. The van der Waals surface area contributed by atoms with Crippen molar-refractivity contribution in [3.05, 3.63) is 29.8 Å². The number of rotatable bonds is 5. The minimum absolute atomic E-state index is 0.175. The number of nitrogens with zero attached hydrogens (tertiary/aromatic N) is 3. The highest BCUT2D eigenvalue weighted by Gasteiger charge is 2.08. The molecule has 20 heavy (non-hydrogen) atoms. The van der Waals surface area contributed by atoms with Crippen molar-refractivity contribution in [1.29, 1.82) is 0 Å². The van der Waals surface area contributed by atoms with Gasteiger partial charge in [0.15, 0.2) is 5.82 Å². The Kier molecular flexibility index (Phi) is 4.50. The van der Waals surface area contributed by atoms with Crippen LogP contribution in [0.4, 0.5) is 5.95 Å². The normalized spacial score (nSPS) is 10.8. The maximum absolute atomic E-state index is 5.70. The summed E-state index contributed by atoms with van der Waals surface area (Å²) in [5, 5.41) is 0. The van der Waals surface area contributed by atoms with Crippen molar-refractivity contribution in [2.45, 2.75) is 33.1 Å². The van der Waals surface area contributed by atoms with Crippen molar-refractivity contribution < 1.29 is 4.74 Å². The number of nitrogens with two attached hydrogens (primary N) is 1. The monoisotopic (exact) mass is 272 g/mol. The van der Waals surface area contributed by atoms with Crippen LogP contribution in [0, 0.1) is 0 Å². The summed E-state index contributed by atoms with van der Waals surface area (Å²) in [5.41, 5.74) is 7.89. The number of hydrogen-bond acceptors (Lipinski definition) is 5. The van der Waals surface area contributed by atoms with Gasteiger partial charge in [-0.1, -0.05) is 45.0 Å². The van der Waals surface area contributed by atoms with E-state index < -0.39 is 0 Å². The molecule has 0 unspecified atom stereocenters. The first kappa shape index (κ1) is 14.2. The molecule has 0 spiro atoms. The van der Waals surface area contributed by atoms with Crippen LogP contribution in [0.1, 0.15) is 38.7 Å². The number of anilines is 1. The van der Waals surface area contributed by atoms with Crippen molar-refractivity contribution in [1.82, 2.24) is 15.0 Å². The fourth-order valence-corrected chi connectivity index (χ4v) is 1.78.